The molecule has 0 fully saturated rings. The van der Waals surface area contributed by atoms with Gasteiger partial charge in [-0.15, -0.1) is 0 Å². The molecule has 0 bridgehead atoms. The fraction of sp³-hybridized carbons (Fsp3) is 0.154. The van der Waals surface area contributed by atoms with E-state index in [1.165, 1.54) is 18.2 Å². The second kappa shape index (κ2) is 5.98. The number of aromatic nitrogens is 1. The van der Waals surface area contributed by atoms with Gasteiger partial charge in [0.05, 0.1) is 9.82 Å². The van der Waals surface area contributed by atoms with Crippen LogP contribution in [0.5, 0.6) is 0 Å². The lowest BCUT2D eigenvalue weighted by Gasteiger charge is -2.14. The zero-order valence-corrected chi connectivity index (χ0v) is 11.9. The summed E-state index contributed by atoms with van der Waals surface area (Å²) in [5.41, 5.74) is 0.429. The third-order valence-electron chi connectivity index (χ3n) is 2.86. The van der Waals surface area contributed by atoms with Crippen LogP contribution in [0, 0.1) is 10.1 Å². The van der Waals surface area contributed by atoms with E-state index in [0.29, 0.717) is 5.56 Å². The van der Waals surface area contributed by atoms with Gasteiger partial charge in [-0.25, -0.2) is 13.1 Å². The second-order valence-corrected chi connectivity index (χ2v) is 6.10. The van der Waals surface area contributed by atoms with Crippen LogP contribution < -0.4 is 4.72 Å². The molecule has 2 aromatic rings. The minimum atomic E-state index is -3.85. The van der Waals surface area contributed by atoms with Crippen molar-refractivity contribution in [3.8, 4) is 0 Å². The van der Waals surface area contributed by atoms with Gasteiger partial charge >= 0.3 is 0 Å². The van der Waals surface area contributed by atoms with Crippen molar-refractivity contribution >= 4 is 15.7 Å². The van der Waals surface area contributed by atoms with Crippen molar-refractivity contribution in [2.75, 3.05) is 0 Å². The Balaban J connectivity index is 2.26. The van der Waals surface area contributed by atoms with Crippen molar-refractivity contribution in [1.82, 2.24) is 9.71 Å². The van der Waals surface area contributed by atoms with Gasteiger partial charge < -0.3 is 0 Å². The number of non-ortho nitro benzene ring substituents is 1. The molecule has 8 heteroatoms. The predicted octanol–water partition coefficient (Wildman–Crippen LogP) is 2.03. The molecule has 0 aliphatic carbocycles. The normalized spacial score (nSPS) is 12.8. The lowest BCUT2D eigenvalue weighted by molar-refractivity contribution is -0.385. The average Bonchev–Trinajstić information content (AvgIpc) is 2.48. The molecule has 0 saturated heterocycles. The summed E-state index contributed by atoms with van der Waals surface area (Å²) in [5, 5.41) is 10.7. The van der Waals surface area contributed by atoms with Gasteiger partial charge in [-0.2, -0.15) is 0 Å². The number of nitro groups is 1. The molecule has 0 aliphatic rings. The first-order valence-electron chi connectivity index (χ1n) is 6.07. The minimum absolute atomic E-state index is 0.146. The minimum Gasteiger partial charge on any atom is -0.264 e. The first-order chi connectivity index (χ1) is 9.90. The van der Waals surface area contributed by atoms with Crippen LogP contribution in [0.1, 0.15) is 18.5 Å². The van der Waals surface area contributed by atoms with Crippen LogP contribution in [0.15, 0.2) is 53.7 Å². The van der Waals surface area contributed by atoms with Gasteiger partial charge in [-0.05, 0) is 24.6 Å². The van der Waals surface area contributed by atoms with E-state index < -0.39 is 21.0 Å². The Hall–Kier alpha value is -2.32. The standard InChI is InChI=1S/C13H13N3O4S/c1-10(11-4-3-7-14-9-11)15-21(19,20)13-6-2-5-12(8-13)16(17)18/h2-10,15H,1H3. The summed E-state index contributed by atoms with van der Waals surface area (Å²) in [4.78, 5) is 13.8. The van der Waals surface area contributed by atoms with Crippen molar-refractivity contribution in [3.05, 3.63) is 64.5 Å². The van der Waals surface area contributed by atoms with E-state index in [-0.39, 0.29) is 10.6 Å². The molecule has 110 valence electrons. The largest absolute Gasteiger partial charge is 0.270 e. The SMILES string of the molecule is CC(NS(=O)(=O)c1cccc([N+](=O)[O-])c1)c1cccnc1. The van der Waals surface area contributed by atoms with Gasteiger partial charge in [0.15, 0.2) is 0 Å². The van der Waals surface area contributed by atoms with E-state index in [4.69, 9.17) is 0 Å². The van der Waals surface area contributed by atoms with E-state index in [2.05, 4.69) is 9.71 Å². The third kappa shape index (κ3) is 3.61. The first kappa shape index (κ1) is 15.1. The molecular weight excluding hydrogens is 294 g/mol. The van der Waals surface area contributed by atoms with Gasteiger partial charge in [0.1, 0.15) is 0 Å². The predicted molar refractivity (Wildman–Crippen MR) is 76.1 cm³/mol. The van der Waals surface area contributed by atoms with Gasteiger partial charge in [-0.1, -0.05) is 12.1 Å². The maximum Gasteiger partial charge on any atom is 0.270 e. The summed E-state index contributed by atoms with van der Waals surface area (Å²) in [5.74, 6) is 0. The molecule has 1 heterocycles. The number of hydrogen-bond acceptors (Lipinski definition) is 5. The zero-order valence-electron chi connectivity index (χ0n) is 11.1. The van der Waals surface area contributed by atoms with E-state index in [1.54, 1.807) is 31.5 Å². The van der Waals surface area contributed by atoms with Crippen LogP contribution in [-0.2, 0) is 10.0 Å². The first-order valence-corrected chi connectivity index (χ1v) is 7.55. The molecule has 0 radical (unpaired) electrons. The molecule has 0 saturated carbocycles. The van der Waals surface area contributed by atoms with Crippen molar-refractivity contribution in [2.24, 2.45) is 0 Å². The number of nitrogens with one attached hydrogen (secondary N) is 1. The molecule has 2 rings (SSSR count). The number of pyridine rings is 1. The van der Waals surface area contributed by atoms with Crippen molar-refractivity contribution in [3.63, 3.8) is 0 Å². The Morgan fingerprint density at radius 3 is 2.67 bits per heavy atom. The highest BCUT2D eigenvalue weighted by Crippen LogP contribution is 2.20. The lowest BCUT2D eigenvalue weighted by atomic mass is 10.2. The van der Waals surface area contributed by atoms with Gasteiger partial charge in [0.25, 0.3) is 5.69 Å². The van der Waals surface area contributed by atoms with Crippen LogP contribution in [-0.4, -0.2) is 18.3 Å². The molecule has 0 aliphatic heterocycles. The fourth-order valence-corrected chi connectivity index (χ4v) is 3.04. The number of nitrogens with zero attached hydrogens (tertiary/aromatic N) is 2. The average molecular weight is 307 g/mol. The number of sulfonamides is 1. The summed E-state index contributed by atoms with van der Waals surface area (Å²) < 4.78 is 26.9. The fourth-order valence-electron chi connectivity index (χ4n) is 1.77. The van der Waals surface area contributed by atoms with E-state index >= 15 is 0 Å². The highest BCUT2D eigenvalue weighted by atomic mass is 32.2. The van der Waals surface area contributed by atoms with Crippen LogP contribution in [0.4, 0.5) is 5.69 Å². The Bertz CT molecular complexity index is 747. The second-order valence-electron chi connectivity index (χ2n) is 4.38. The molecule has 1 aromatic heterocycles. The Labute approximate surface area is 121 Å². The maximum atomic E-state index is 12.2. The van der Waals surface area contributed by atoms with Gasteiger partial charge in [0, 0.05) is 30.6 Å². The number of rotatable bonds is 5. The smallest absolute Gasteiger partial charge is 0.264 e. The van der Waals surface area contributed by atoms with Crippen molar-refractivity contribution in [1.29, 1.82) is 0 Å². The highest BCUT2D eigenvalue weighted by molar-refractivity contribution is 7.89. The highest BCUT2D eigenvalue weighted by Gasteiger charge is 2.20. The van der Waals surface area contributed by atoms with Crippen LogP contribution >= 0.6 is 0 Å². The maximum absolute atomic E-state index is 12.2. The Morgan fingerprint density at radius 2 is 2.05 bits per heavy atom. The summed E-state index contributed by atoms with van der Waals surface area (Å²) in [6.07, 6.45) is 3.14. The quantitative estimate of drug-likeness (QED) is 0.672. The molecule has 1 atom stereocenters. The van der Waals surface area contributed by atoms with Crippen LogP contribution in [0.3, 0.4) is 0 Å². The zero-order chi connectivity index (χ0) is 15.5. The number of benzene rings is 1. The molecule has 0 spiro atoms. The van der Waals surface area contributed by atoms with Gasteiger partial charge in [-0.3, -0.25) is 15.1 Å². The van der Waals surface area contributed by atoms with E-state index in [1.807, 2.05) is 0 Å². The molecule has 1 aromatic carbocycles. The summed E-state index contributed by atoms with van der Waals surface area (Å²) in [6, 6.07) is 7.86. The Kier molecular flexibility index (Phi) is 4.29. The van der Waals surface area contributed by atoms with Crippen molar-refractivity contribution in [2.45, 2.75) is 17.9 Å². The monoisotopic (exact) mass is 307 g/mol. The molecule has 0 amide bonds. The molecule has 7 nitrogen and oxygen atoms in total. The molecule has 21 heavy (non-hydrogen) atoms. The summed E-state index contributed by atoms with van der Waals surface area (Å²) in [7, 11) is -3.85. The molecule has 1 N–H and O–H groups in total. The lowest BCUT2D eigenvalue weighted by Crippen LogP contribution is -2.27. The Morgan fingerprint density at radius 1 is 1.29 bits per heavy atom. The third-order valence-corrected chi connectivity index (χ3v) is 4.39. The van der Waals surface area contributed by atoms with E-state index in [9.17, 15) is 18.5 Å². The summed E-state index contributed by atoms with van der Waals surface area (Å²) in [6.45, 7) is 1.67. The van der Waals surface area contributed by atoms with Crippen LogP contribution in [0.2, 0.25) is 0 Å². The topological polar surface area (TPSA) is 102 Å². The number of hydrogen-bond donors (Lipinski definition) is 1. The molecular formula is C13H13N3O4S. The summed E-state index contributed by atoms with van der Waals surface area (Å²) >= 11 is 0. The van der Waals surface area contributed by atoms with Crippen molar-refractivity contribution < 1.29 is 13.3 Å². The molecule has 1 unspecified atom stereocenters. The van der Waals surface area contributed by atoms with E-state index in [0.717, 1.165) is 6.07 Å². The van der Waals surface area contributed by atoms with Gasteiger partial charge in [0.2, 0.25) is 10.0 Å². The number of nitro benzene ring substituents is 1. The van der Waals surface area contributed by atoms with Crippen LogP contribution in [0.25, 0.3) is 0 Å².